The van der Waals surface area contributed by atoms with Crippen molar-refractivity contribution in [2.75, 3.05) is 26.2 Å². The maximum atomic E-state index is 5.69. The van der Waals surface area contributed by atoms with Crippen LogP contribution in [0.3, 0.4) is 0 Å². The average Bonchev–Trinajstić information content (AvgIpc) is 2.59. The van der Waals surface area contributed by atoms with Crippen LogP contribution in [0.25, 0.3) is 0 Å². The second-order valence-electron chi connectivity index (χ2n) is 5.99. The third-order valence-corrected chi connectivity index (χ3v) is 3.02. The Balaban J connectivity index is 2.07. The van der Waals surface area contributed by atoms with Gasteiger partial charge in [0.1, 0.15) is 0 Å². The number of likely N-dealkylation sites (tertiary alicyclic amines) is 1. The van der Waals surface area contributed by atoms with Gasteiger partial charge in [0.05, 0.1) is 12.2 Å². The minimum absolute atomic E-state index is 0.0126. The number of nitrogens with one attached hydrogen (secondary N) is 1. The lowest BCUT2D eigenvalue weighted by atomic mass is 10.2. The van der Waals surface area contributed by atoms with Crippen molar-refractivity contribution in [3.63, 3.8) is 0 Å². The largest absolute Gasteiger partial charge is 0.375 e. The highest BCUT2D eigenvalue weighted by Crippen LogP contribution is 2.12. The van der Waals surface area contributed by atoms with Crippen molar-refractivity contribution >= 4 is 0 Å². The summed E-state index contributed by atoms with van der Waals surface area (Å²) in [4.78, 5) is 2.53. The van der Waals surface area contributed by atoms with E-state index in [1.165, 1.54) is 19.5 Å². The lowest BCUT2D eigenvalue weighted by molar-refractivity contribution is -0.00155. The molecule has 3 heteroatoms. The van der Waals surface area contributed by atoms with Crippen molar-refractivity contribution in [2.45, 2.75) is 58.7 Å². The Morgan fingerprint density at radius 1 is 1.38 bits per heavy atom. The summed E-state index contributed by atoms with van der Waals surface area (Å²) in [5, 5.41) is 3.57. The van der Waals surface area contributed by atoms with Crippen LogP contribution in [0.2, 0.25) is 0 Å². The monoisotopic (exact) mass is 228 g/mol. The molecule has 0 radical (unpaired) electrons. The lowest BCUT2D eigenvalue weighted by Crippen LogP contribution is -2.37. The second-order valence-corrected chi connectivity index (χ2v) is 5.99. The van der Waals surface area contributed by atoms with E-state index in [-0.39, 0.29) is 5.60 Å². The van der Waals surface area contributed by atoms with Crippen LogP contribution in [0.4, 0.5) is 0 Å². The van der Waals surface area contributed by atoms with E-state index in [0.29, 0.717) is 12.1 Å². The predicted octanol–water partition coefficient (Wildman–Crippen LogP) is 1.87. The van der Waals surface area contributed by atoms with Crippen molar-refractivity contribution in [3.05, 3.63) is 0 Å². The Hall–Kier alpha value is -0.120. The zero-order valence-electron chi connectivity index (χ0n) is 11.5. The second kappa shape index (κ2) is 5.99. The zero-order chi connectivity index (χ0) is 12.2. The molecule has 0 unspecified atom stereocenters. The van der Waals surface area contributed by atoms with Gasteiger partial charge in [-0.15, -0.1) is 0 Å². The molecule has 1 heterocycles. The topological polar surface area (TPSA) is 24.5 Å². The molecule has 1 aliphatic rings. The minimum atomic E-state index is -0.0126. The molecule has 0 aromatic heterocycles. The molecule has 0 aromatic carbocycles. The molecule has 1 saturated heterocycles. The first-order valence-corrected chi connectivity index (χ1v) is 6.50. The van der Waals surface area contributed by atoms with Crippen molar-refractivity contribution < 1.29 is 4.74 Å². The van der Waals surface area contributed by atoms with Crippen molar-refractivity contribution in [1.29, 1.82) is 0 Å². The molecule has 96 valence electrons. The lowest BCUT2D eigenvalue weighted by Gasteiger charge is -2.22. The third kappa shape index (κ3) is 5.28. The quantitative estimate of drug-likeness (QED) is 0.727. The van der Waals surface area contributed by atoms with E-state index in [0.717, 1.165) is 13.2 Å². The normalized spacial score (nSPS) is 23.2. The van der Waals surface area contributed by atoms with Gasteiger partial charge in [-0.25, -0.2) is 0 Å². The summed E-state index contributed by atoms with van der Waals surface area (Å²) < 4.78 is 5.69. The van der Waals surface area contributed by atoms with Crippen LogP contribution < -0.4 is 5.32 Å². The minimum Gasteiger partial charge on any atom is -0.375 e. The van der Waals surface area contributed by atoms with Gasteiger partial charge in [0.2, 0.25) is 0 Å². The highest BCUT2D eigenvalue weighted by atomic mass is 16.5. The summed E-state index contributed by atoms with van der Waals surface area (Å²) in [5.41, 5.74) is -0.0126. The van der Waals surface area contributed by atoms with Crippen LogP contribution in [-0.2, 0) is 4.74 Å². The van der Waals surface area contributed by atoms with E-state index in [9.17, 15) is 0 Å². The van der Waals surface area contributed by atoms with Gasteiger partial charge in [0.15, 0.2) is 0 Å². The van der Waals surface area contributed by atoms with Crippen LogP contribution in [0.1, 0.15) is 41.0 Å². The van der Waals surface area contributed by atoms with Gasteiger partial charge in [-0.1, -0.05) is 0 Å². The van der Waals surface area contributed by atoms with E-state index in [1.807, 2.05) is 0 Å². The van der Waals surface area contributed by atoms with E-state index in [4.69, 9.17) is 4.74 Å². The van der Waals surface area contributed by atoms with Crippen LogP contribution >= 0.6 is 0 Å². The van der Waals surface area contributed by atoms with Crippen LogP contribution in [0.15, 0.2) is 0 Å². The van der Waals surface area contributed by atoms with Gasteiger partial charge in [-0.05, 0) is 47.6 Å². The fraction of sp³-hybridized carbons (Fsp3) is 1.00. The first kappa shape index (κ1) is 13.9. The first-order chi connectivity index (χ1) is 7.38. The number of rotatable bonds is 5. The van der Waals surface area contributed by atoms with Gasteiger partial charge < -0.3 is 10.1 Å². The summed E-state index contributed by atoms with van der Waals surface area (Å²) in [6, 6.07) is 1.34. The third-order valence-electron chi connectivity index (χ3n) is 3.02. The Kier molecular flexibility index (Phi) is 5.22. The first-order valence-electron chi connectivity index (χ1n) is 6.50. The van der Waals surface area contributed by atoms with Gasteiger partial charge in [-0.2, -0.15) is 0 Å². The molecule has 0 spiro atoms. The summed E-state index contributed by atoms with van der Waals surface area (Å²) in [6.07, 6.45) is 1.27. The summed E-state index contributed by atoms with van der Waals surface area (Å²) >= 11 is 0. The Bertz CT molecular complexity index is 199. The molecule has 1 aliphatic heterocycles. The standard InChI is InChI=1S/C13H28N2O/c1-11(2)15-8-6-12(10-15)14-7-9-16-13(3,4)5/h11-12,14H,6-10H2,1-5H3/t12-/m0/s1. The predicted molar refractivity (Wildman–Crippen MR) is 68.8 cm³/mol. The molecule has 1 N–H and O–H groups in total. The van der Waals surface area contributed by atoms with E-state index < -0.39 is 0 Å². The van der Waals surface area contributed by atoms with E-state index in [2.05, 4.69) is 44.8 Å². The van der Waals surface area contributed by atoms with Crippen LogP contribution in [-0.4, -0.2) is 48.8 Å². The zero-order valence-corrected chi connectivity index (χ0v) is 11.5. The molecule has 1 rings (SSSR count). The van der Waals surface area contributed by atoms with Gasteiger partial charge >= 0.3 is 0 Å². The highest BCUT2D eigenvalue weighted by molar-refractivity contribution is 4.82. The fourth-order valence-electron chi connectivity index (χ4n) is 2.04. The Morgan fingerprint density at radius 2 is 2.06 bits per heavy atom. The highest BCUT2D eigenvalue weighted by Gasteiger charge is 2.23. The van der Waals surface area contributed by atoms with Crippen LogP contribution in [0, 0.1) is 0 Å². The number of hydrogen-bond donors (Lipinski definition) is 1. The number of ether oxygens (including phenoxy) is 1. The summed E-state index contributed by atoms with van der Waals surface area (Å²) in [5.74, 6) is 0. The molecular weight excluding hydrogens is 200 g/mol. The average molecular weight is 228 g/mol. The van der Waals surface area contributed by atoms with Gasteiger partial charge in [0.25, 0.3) is 0 Å². The molecule has 3 nitrogen and oxygen atoms in total. The number of nitrogens with zero attached hydrogens (tertiary/aromatic N) is 1. The molecule has 0 saturated carbocycles. The van der Waals surface area contributed by atoms with Crippen molar-refractivity contribution in [3.8, 4) is 0 Å². The molecule has 0 bridgehead atoms. The molecular formula is C13H28N2O. The van der Waals surface area contributed by atoms with Crippen LogP contribution in [0.5, 0.6) is 0 Å². The maximum absolute atomic E-state index is 5.69. The SMILES string of the molecule is CC(C)N1CC[C@H](NCCOC(C)(C)C)C1. The van der Waals surface area contributed by atoms with Gasteiger partial charge in [0, 0.05) is 25.2 Å². The molecule has 0 amide bonds. The number of hydrogen-bond acceptors (Lipinski definition) is 3. The van der Waals surface area contributed by atoms with Gasteiger partial charge in [-0.3, -0.25) is 4.90 Å². The molecule has 16 heavy (non-hydrogen) atoms. The van der Waals surface area contributed by atoms with Crippen molar-refractivity contribution in [2.24, 2.45) is 0 Å². The summed E-state index contributed by atoms with van der Waals surface area (Å²) in [7, 11) is 0. The Labute approximate surface area is 101 Å². The molecule has 1 atom stereocenters. The molecule has 0 aromatic rings. The molecule has 0 aliphatic carbocycles. The molecule has 1 fully saturated rings. The van der Waals surface area contributed by atoms with Crippen molar-refractivity contribution in [1.82, 2.24) is 10.2 Å². The van der Waals surface area contributed by atoms with E-state index >= 15 is 0 Å². The Morgan fingerprint density at radius 3 is 2.56 bits per heavy atom. The maximum Gasteiger partial charge on any atom is 0.0599 e. The smallest absolute Gasteiger partial charge is 0.0599 e. The fourth-order valence-corrected chi connectivity index (χ4v) is 2.04. The summed E-state index contributed by atoms with van der Waals surface area (Å²) in [6.45, 7) is 15.0. The van der Waals surface area contributed by atoms with E-state index in [1.54, 1.807) is 0 Å².